The molecule has 1 fully saturated rings. The van der Waals surface area contributed by atoms with Gasteiger partial charge in [-0.2, -0.15) is 0 Å². The van der Waals surface area contributed by atoms with Gasteiger partial charge in [-0.25, -0.2) is 0 Å². The molecule has 0 spiro atoms. The van der Waals surface area contributed by atoms with Crippen molar-refractivity contribution in [3.05, 3.63) is 81.4 Å². The number of hydrogen-bond acceptors (Lipinski definition) is 9. The lowest BCUT2D eigenvalue weighted by atomic mass is 9.76. The molecule has 1 aliphatic carbocycles. The van der Waals surface area contributed by atoms with E-state index in [0.717, 1.165) is 11.3 Å². The van der Waals surface area contributed by atoms with Crippen LogP contribution >= 0.6 is 0 Å². The molecule has 3 aliphatic rings. The summed E-state index contributed by atoms with van der Waals surface area (Å²) in [5.74, 6) is -0.294. The molecule has 0 aromatic heterocycles. The van der Waals surface area contributed by atoms with Gasteiger partial charge in [-0.1, -0.05) is 35.5 Å². The summed E-state index contributed by atoms with van der Waals surface area (Å²) in [6.45, 7) is 2.46. The maximum absolute atomic E-state index is 13.5. The van der Waals surface area contributed by atoms with Crippen molar-refractivity contribution in [2.45, 2.75) is 37.9 Å². The molecule has 9 heteroatoms. The number of ketones is 2. The van der Waals surface area contributed by atoms with Gasteiger partial charge >= 0.3 is 0 Å². The van der Waals surface area contributed by atoms with Crippen molar-refractivity contribution in [2.24, 2.45) is 5.16 Å². The van der Waals surface area contributed by atoms with Gasteiger partial charge in [-0.15, -0.1) is 0 Å². The number of ether oxygens (including phenoxy) is 2. The predicted octanol–water partition coefficient (Wildman–Crippen LogP) is 4.15. The van der Waals surface area contributed by atoms with Crippen molar-refractivity contribution >= 4 is 17.3 Å². The molecular formula is C30H28N2O7. The molecule has 0 saturated carbocycles. The fraction of sp³-hybridized carbons (Fsp3) is 0.300. The number of carbonyl (C=O) groups is 2. The second-order valence-electron chi connectivity index (χ2n) is 10.3. The maximum Gasteiger partial charge on any atom is 0.198 e. The summed E-state index contributed by atoms with van der Waals surface area (Å²) >= 11 is 0. The standard InChI is InChI=1S/C30H28N2O7/c1-30-13-18-23(29(36)25-24(28(18)35)26(33)16-7-5-6-8-17(16)27(25)34)19(12-22(30)31-39-4)32(30)14-15-9-10-20(37-2)21(11-15)38-3/h5-11,19,35-36H,12-14H2,1-4H3. The van der Waals surface area contributed by atoms with Crippen molar-refractivity contribution in [1.82, 2.24) is 4.90 Å². The number of carbonyl (C=O) groups excluding carboxylic acids is 2. The molecule has 2 bridgehead atoms. The Labute approximate surface area is 225 Å². The van der Waals surface area contributed by atoms with Gasteiger partial charge in [0.25, 0.3) is 0 Å². The Morgan fingerprint density at radius 3 is 2.21 bits per heavy atom. The highest BCUT2D eigenvalue weighted by atomic mass is 16.6. The summed E-state index contributed by atoms with van der Waals surface area (Å²) in [6.07, 6.45) is 0.666. The van der Waals surface area contributed by atoms with E-state index in [9.17, 15) is 19.8 Å². The molecule has 1 saturated heterocycles. The van der Waals surface area contributed by atoms with E-state index in [1.807, 2.05) is 25.1 Å². The van der Waals surface area contributed by atoms with Crippen LogP contribution in [-0.4, -0.2) is 59.3 Å². The number of methoxy groups -OCH3 is 2. The number of nitrogens with zero attached hydrogens (tertiary/aromatic N) is 2. The lowest BCUT2D eigenvalue weighted by Crippen LogP contribution is -2.50. The van der Waals surface area contributed by atoms with Gasteiger partial charge in [0.2, 0.25) is 0 Å². The van der Waals surface area contributed by atoms with Gasteiger partial charge < -0.3 is 24.5 Å². The zero-order chi connectivity index (χ0) is 27.6. The average Bonchev–Trinajstić information content (AvgIpc) is 3.10. The van der Waals surface area contributed by atoms with Gasteiger partial charge in [-0.3, -0.25) is 14.5 Å². The Morgan fingerprint density at radius 2 is 1.59 bits per heavy atom. The topological polar surface area (TPSA) is 118 Å². The van der Waals surface area contributed by atoms with E-state index in [2.05, 4.69) is 10.1 Å². The fourth-order valence-corrected chi connectivity index (χ4v) is 6.46. The van der Waals surface area contributed by atoms with Crippen molar-refractivity contribution in [1.29, 1.82) is 0 Å². The smallest absolute Gasteiger partial charge is 0.198 e. The Morgan fingerprint density at radius 1 is 0.949 bits per heavy atom. The van der Waals surface area contributed by atoms with E-state index in [4.69, 9.17) is 14.3 Å². The number of oxime groups is 1. The van der Waals surface area contributed by atoms with Crippen LogP contribution in [0.3, 0.4) is 0 Å². The molecule has 3 aromatic rings. The van der Waals surface area contributed by atoms with Crippen LogP contribution in [0.1, 0.15) is 67.9 Å². The summed E-state index contributed by atoms with van der Waals surface area (Å²) in [5, 5.41) is 27.5. The molecule has 0 radical (unpaired) electrons. The molecule has 3 aromatic carbocycles. The highest BCUT2D eigenvalue weighted by Crippen LogP contribution is 2.56. The number of hydrogen-bond donors (Lipinski definition) is 2. The van der Waals surface area contributed by atoms with Crippen LogP contribution in [0.2, 0.25) is 0 Å². The summed E-state index contributed by atoms with van der Waals surface area (Å²) in [5.41, 5.74) is 2.00. The summed E-state index contributed by atoms with van der Waals surface area (Å²) in [7, 11) is 4.63. The van der Waals surface area contributed by atoms with Gasteiger partial charge in [-0.05, 0) is 24.6 Å². The zero-order valence-corrected chi connectivity index (χ0v) is 22.1. The summed E-state index contributed by atoms with van der Waals surface area (Å²) < 4.78 is 10.9. The number of phenols is 2. The van der Waals surface area contributed by atoms with E-state index in [-0.39, 0.29) is 40.2 Å². The van der Waals surface area contributed by atoms with Crippen LogP contribution in [0.15, 0.2) is 47.6 Å². The monoisotopic (exact) mass is 528 g/mol. The molecule has 2 unspecified atom stereocenters. The zero-order valence-electron chi connectivity index (χ0n) is 22.1. The largest absolute Gasteiger partial charge is 0.507 e. The second kappa shape index (κ2) is 8.84. The molecular weight excluding hydrogens is 500 g/mol. The van der Waals surface area contributed by atoms with Gasteiger partial charge in [0.05, 0.1) is 36.6 Å². The third kappa shape index (κ3) is 3.39. The second-order valence-corrected chi connectivity index (χ2v) is 10.3. The van der Waals surface area contributed by atoms with Crippen LogP contribution < -0.4 is 9.47 Å². The minimum Gasteiger partial charge on any atom is -0.507 e. The molecule has 6 rings (SSSR count). The molecule has 2 aliphatic heterocycles. The summed E-state index contributed by atoms with van der Waals surface area (Å²) in [6, 6.07) is 11.7. The third-order valence-corrected chi connectivity index (χ3v) is 8.34. The van der Waals surface area contributed by atoms with E-state index in [1.54, 1.807) is 38.5 Å². The first-order valence-electron chi connectivity index (χ1n) is 12.6. The van der Waals surface area contributed by atoms with Gasteiger partial charge in [0.15, 0.2) is 23.1 Å². The van der Waals surface area contributed by atoms with E-state index in [1.165, 1.54) is 7.11 Å². The van der Waals surface area contributed by atoms with Crippen molar-refractivity contribution in [3.8, 4) is 23.0 Å². The highest BCUT2D eigenvalue weighted by Gasteiger charge is 2.55. The molecule has 0 amide bonds. The van der Waals surface area contributed by atoms with Gasteiger partial charge in [0.1, 0.15) is 18.6 Å². The Bertz CT molecular complexity index is 1590. The molecule has 39 heavy (non-hydrogen) atoms. The first-order chi connectivity index (χ1) is 18.7. The number of benzene rings is 3. The first-order valence-corrected chi connectivity index (χ1v) is 12.6. The van der Waals surface area contributed by atoms with Crippen molar-refractivity contribution < 1.29 is 34.1 Å². The van der Waals surface area contributed by atoms with Crippen LogP contribution in [0.4, 0.5) is 0 Å². The first kappa shape index (κ1) is 24.9. The van der Waals surface area contributed by atoms with Crippen molar-refractivity contribution in [3.63, 3.8) is 0 Å². The minimum atomic E-state index is -0.696. The number of aromatic hydroxyl groups is 2. The average molecular weight is 529 g/mol. The quantitative estimate of drug-likeness (QED) is 0.293. The molecule has 2 N–H and O–H groups in total. The Kier molecular flexibility index (Phi) is 5.65. The van der Waals surface area contributed by atoms with Crippen molar-refractivity contribution in [2.75, 3.05) is 21.3 Å². The molecule has 2 heterocycles. The molecule has 200 valence electrons. The van der Waals surface area contributed by atoms with E-state index >= 15 is 0 Å². The lowest BCUT2D eigenvalue weighted by Gasteiger charge is -2.44. The van der Waals surface area contributed by atoms with Gasteiger partial charge in [0, 0.05) is 47.7 Å². The van der Waals surface area contributed by atoms with Crippen LogP contribution in [0.25, 0.3) is 0 Å². The van der Waals surface area contributed by atoms with E-state index in [0.29, 0.717) is 35.6 Å². The highest BCUT2D eigenvalue weighted by molar-refractivity contribution is 6.30. The fourth-order valence-electron chi connectivity index (χ4n) is 6.46. The summed E-state index contributed by atoms with van der Waals surface area (Å²) in [4.78, 5) is 34.4. The normalized spacial score (nSPS) is 22.4. The van der Waals surface area contributed by atoms with Crippen LogP contribution in [0.5, 0.6) is 23.0 Å². The Hall–Kier alpha value is -4.37. The Balaban J connectivity index is 1.53. The minimum absolute atomic E-state index is 0.142. The molecule has 2 atom stereocenters. The maximum atomic E-state index is 13.5. The number of rotatable bonds is 5. The SMILES string of the molecule is CON=C1CC2c3c(O)c4c(c(O)c3CC1(C)N2Cc1ccc(OC)c(OC)c1)C(=O)c1ccccc1C4=O. The predicted molar refractivity (Wildman–Crippen MR) is 142 cm³/mol. The number of phenolic OH excluding ortho intramolecular Hbond substituents is 2. The van der Waals surface area contributed by atoms with Crippen LogP contribution in [0, 0.1) is 0 Å². The number of fused-ring (bicyclic) bond motifs is 6. The molecule has 9 nitrogen and oxygen atoms in total. The van der Waals surface area contributed by atoms with E-state index < -0.39 is 23.1 Å². The van der Waals surface area contributed by atoms with Crippen LogP contribution in [-0.2, 0) is 17.8 Å². The third-order valence-electron chi connectivity index (χ3n) is 8.34. The lowest BCUT2D eigenvalue weighted by molar-refractivity contribution is 0.0962.